The standard InChI is InChI=1S/C18H14N4O4S/c1-2-26-16-9-11(8-15(17(16)23)22(24)25)7-12(10-19)27-18-20-13-5-3-4-6-14(13)21-18/h3-9,23H,2H2,1H3,(H,20,21)/b12-7+. The number of hydrogen-bond donors (Lipinski definition) is 2. The second kappa shape index (κ2) is 7.80. The SMILES string of the molecule is CCOc1cc(/C=C(\C#N)Sc2nc3ccccc3[nH]2)cc([N+](=O)[O-])c1O. The van der Waals surface area contributed by atoms with Gasteiger partial charge in [-0.15, -0.1) is 0 Å². The van der Waals surface area contributed by atoms with Gasteiger partial charge in [-0.2, -0.15) is 5.26 Å². The number of para-hydroxylation sites is 2. The number of imidazole rings is 1. The molecule has 0 saturated heterocycles. The number of phenolic OH excluding ortho intramolecular Hbond substituents is 1. The normalized spacial score (nSPS) is 11.3. The van der Waals surface area contributed by atoms with Crippen LogP contribution in [-0.2, 0) is 0 Å². The van der Waals surface area contributed by atoms with Gasteiger partial charge in [-0.25, -0.2) is 4.98 Å². The second-order valence-electron chi connectivity index (χ2n) is 5.36. The quantitative estimate of drug-likeness (QED) is 0.283. The summed E-state index contributed by atoms with van der Waals surface area (Å²) in [7, 11) is 0. The predicted octanol–water partition coefficient (Wildman–Crippen LogP) is 4.23. The van der Waals surface area contributed by atoms with Gasteiger partial charge >= 0.3 is 5.69 Å². The molecular weight excluding hydrogens is 368 g/mol. The summed E-state index contributed by atoms with van der Waals surface area (Å²) in [6, 6.07) is 12.2. The van der Waals surface area contributed by atoms with Crippen LogP contribution in [0.3, 0.4) is 0 Å². The lowest BCUT2D eigenvalue weighted by molar-refractivity contribution is -0.386. The summed E-state index contributed by atoms with van der Waals surface area (Å²) in [6.45, 7) is 1.93. The van der Waals surface area contributed by atoms with Gasteiger partial charge in [0.2, 0.25) is 5.75 Å². The number of ether oxygens (including phenoxy) is 1. The van der Waals surface area contributed by atoms with Crippen molar-refractivity contribution in [1.29, 1.82) is 5.26 Å². The van der Waals surface area contributed by atoms with Crippen LogP contribution in [0.25, 0.3) is 17.1 Å². The van der Waals surface area contributed by atoms with E-state index in [4.69, 9.17) is 4.74 Å². The number of aromatic amines is 1. The minimum absolute atomic E-state index is 0.0102. The minimum Gasteiger partial charge on any atom is -0.500 e. The average Bonchev–Trinajstić information content (AvgIpc) is 3.05. The summed E-state index contributed by atoms with van der Waals surface area (Å²) in [5.41, 5.74) is 1.49. The Morgan fingerprint density at radius 3 is 2.93 bits per heavy atom. The highest BCUT2D eigenvalue weighted by molar-refractivity contribution is 8.03. The molecule has 0 saturated carbocycles. The van der Waals surface area contributed by atoms with Crippen molar-refractivity contribution in [3.05, 3.63) is 57.0 Å². The fraction of sp³-hybridized carbons (Fsp3) is 0.111. The van der Waals surface area contributed by atoms with E-state index in [0.29, 0.717) is 10.7 Å². The molecule has 1 heterocycles. The van der Waals surface area contributed by atoms with E-state index in [9.17, 15) is 20.5 Å². The number of nitro benzene ring substituents is 1. The number of thioether (sulfide) groups is 1. The van der Waals surface area contributed by atoms with Crippen LogP contribution in [0.2, 0.25) is 0 Å². The number of nitrogens with zero attached hydrogens (tertiary/aromatic N) is 3. The lowest BCUT2D eigenvalue weighted by atomic mass is 10.1. The first-order valence-electron chi connectivity index (χ1n) is 7.90. The van der Waals surface area contributed by atoms with Crippen LogP contribution in [0.4, 0.5) is 5.69 Å². The third-order valence-corrected chi connectivity index (χ3v) is 4.37. The maximum atomic E-state index is 11.2. The fourth-order valence-electron chi connectivity index (χ4n) is 2.42. The van der Waals surface area contributed by atoms with Crippen LogP contribution < -0.4 is 4.74 Å². The molecule has 0 amide bonds. The van der Waals surface area contributed by atoms with E-state index < -0.39 is 16.4 Å². The molecule has 1 aromatic heterocycles. The molecule has 3 aromatic rings. The second-order valence-corrected chi connectivity index (χ2v) is 6.39. The summed E-state index contributed by atoms with van der Waals surface area (Å²) in [4.78, 5) is 18.2. The minimum atomic E-state index is -0.701. The molecule has 27 heavy (non-hydrogen) atoms. The number of allylic oxidation sites excluding steroid dienone is 1. The van der Waals surface area contributed by atoms with Gasteiger partial charge in [-0.05, 0) is 48.5 Å². The molecule has 0 unspecified atom stereocenters. The van der Waals surface area contributed by atoms with Crippen LogP contribution in [0.5, 0.6) is 11.5 Å². The fourth-order valence-corrected chi connectivity index (χ4v) is 3.17. The Bertz CT molecular complexity index is 1050. The van der Waals surface area contributed by atoms with Gasteiger partial charge in [0.25, 0.3) is 0 Å². The first-order valence-corrected chi connectivity index (χ1v) is 8.72. The molecule has 2 aromatic carbocycles. The molecule has 3 rings (SSSR count). The lowest BCUT2D eigenvalue weighted by Gasteiger charge is -2.07. The van der Waals surface area contributed by atoms with Crippen molar-refractivity contribution in [3.63, 3.8) is 0 Å². The highest BCUT2D eigenvalue weighted by Gasteiger charge is 2.20. The number of nitrogens with one attached hydrogen (secondary N) is 1. The number of nitro groups is 1. The summed E-state index contributed by atoms with van der Waals surface area (Å²) >= 11 is 1.11. The lowest BCUT2D eigenvalue weighted by Crippen LogP contribution is -1.96. The van der Waals surface area contributed by atoms with E-state index in [2.05, 4.69) is 9.97 Å². The van der Waals surface area contributed by atoms with Crippen LogP contribution in [0.1, 0.15) is 12.5 Å². The Morgan fingerprint density at radius 2 is 2.26 bits per heavy atom. The molecule has 0 aliphatic carbocycles. The number of nitriles is 1. The van der Waals surface area contributed by atoms with Gasteiger partial charge in [-0.3, -0.25) is 10.1 Å². The highest BCUT2D eigenvalue weighted by Crippen LogP contribution is 2.38. The van der Waals surface area contributed by atoms with Gasteiger partial charge in [-0.1, -0.05) is 12.1 Å². The van der Waals surface area contributed by atoms with Crippen molar-refractivity contribution in [3.8, 4) is 17.6 Å². The van der Waals surface area contributed by atoms with Crippen molar-refractivity contribution in [1.82, 2.24) is 9.97 Å². The van der Waals surface area contributed by atoms with Crippen LogP contribution >= 0.6 is 11.8 Å². The van der Waals surface area contributed by atoms with E-state index in [1.165, 1.54) is 18.2 Å². The van der Waals surface area contributed by atoms with E-state index in [0.717, 1.165) is 22.8 Å². The number of benzene rings is 2. The zero-order valence-electron chi connectivity index (χ0n) is 14.2. The molecule has 8 nitrogen and oxygen atoms in total. The van der Waals surface area contributed by atoms with Crippen LogP contribution in [-0.4, -0.2) is 26.6 Å². The number of phenols is 1. The number of hydrogen-bond acceptors (Lipinski definition) is 7. The monoisotopic (exact) mass is 382 g/mol. The molecular formula is C18H14N4O4S. The molecule has 0 fully saturated rings. The Hall–Kier alpha value is -3.51. The number of rotatable bonds is 6. The van der Waals surface area contributed by atoms with Crippen molar-refractivity contribution in [2.45, 2.75) is 12.1 Å². The van der Waals surface area contributed by atoms with Gasteiger partial charge in [0.05, 0.1) is 27.5 Å². The Labute approximate surface area is 158 Å². The predicted molar refractivity (Wildman–Crippen MR) is 101 cm³/mol. The largest absolute Gasteiger partial charge is 0.500 e. The third kappa shape index (κ3) is 4.02. The van der Waals surface area contributed by atoms with Gasteiger partial charge in [0.15, 0.2) is 10.9 Å². The number of aromatic nitrogens is 2. The van der Waals surface area contributed by atoms with E-state index in [-0.39, 0.29) is 17.3 Å². The molecule has 0 aliphatic heterocycles. The van der Waals surface area contributed by atoms with Crippen molar-refractivity contribution < 1.29 is 14.8 Å². The maximum Gasteiger partial charge on any atom is 0.315 e. The third-order valence-electron chi connectivity index (χ3n) is 3.56. The Kier molecular flexibility index (Phi) is 5.28. The molecule has 0 spiro atoms. The summed E-state index contributed by atoms with van der Waals surface area (Å²) in [5, 5.41) is 31.1. The summed E-state index contributed by atoms with van der Waals surface area (Å²) in [6.07, 6.45) is 1.48. The van der Waals surface area contributed by atoms with Gasteiger partial charge in [0, 0.05) is 6.07 Å². The summed E-state index contributed by atoms with van der Waals surface area (Å²) < 4.78 is 5.25. The van der Waals surface area contributed by atoms with Gasteiger partial charge < -0.3 is 14.8 Å². The topological polar surface area (TPSA) is 125 Å². The number of H-pyrrole nitrogens is 1. The Morgan fingerprint density at radius 1 is 1.48 bits per heavy atom. The highest BCUT2D eigenvalue weighted by atomic mass is 32.2. The van der Waals surface area contributed by atoms with E-state index in [1.807, 2.05) is 30.3 Å². The smallest absolute Gasteiger partial charge is 0.315 e. The average molecular weight is 382 g/mol. The molecule has 9 heteroatoms. The van der Waals surface area contributed by atoms with E-state index >= 15 is 0 Å². The zero-order valence-corrected chi connectivity index (χ0v) is 15.0. The summed E-state index contributed by atoms with van der Waals surface area (Å²) in [5.74, 6) is -0.550. The number of aromatic hydroxyl groups is 1. The molecule has 0 atom stereocenters. The van der Waals surface area contributed by atoms with Crippen LogP contribution in [0, 0.1) is 21.4 Å². The van der Waals surface area contributed by atoms with Crippen molar-refractivity contribution >= 4 is 34.6 Å². The molecule has 0 bridgehead atoms. The molecule has 136 valence electrons. The van der Waals surface area contributed by atoms with E-state index in [1.54, 1.807) is 6.92 Å². The molecule has 0 aliphatic rings. The van der Waals surface area contributed by atoms with Gasteiger partial charge in [0.1, 0.15) is 6.07 Å². The Balaban J connectivity index is 1.97. The van der Waals surface area contributed by atoms with Crippen molar-refractivity contribution in [2.24, 2.45) is 0 Å². The molecule has 0 radical (unpaired) electrons. The molecule has 2 N–H and O–H groups in total. The first kappa shape index (κ1) is 18.3. The zero-order chi connectivity index (χ0) is 19.4. The van der Waals surface area contributed by atoms with Crippen LogP contribution in [0.15, 0.2) is 46.5 Å². The number of fused-ring (bicyclic) bond motifs is 1. The maximum absolute atomic E-state index is 11.2. The van der Waals surface area contributed by atoms with Crippen molar-refractivity contribution in [2.75, 3.05) is 6.61 Å². The first-order chi connectivity index (χ1) is 13.0.